The Bertz CT molecular complexity index is 422. The van der Waals surface area contributed by atoms with Crippen LogP contribution in [0.25, 0.3) is 0 Å². The van der Waals surface area contributed by atoms with Crippen molar-refractivity contribution in [3.05, 3.63) is 12.4 Å². The zero-order valence-corrected chi connectivity index (χ0v) is 12.0. The number of nitrogens with one attached hydrogen (secondary N) is 2. The van der Waals surface area contributed by atoms with Crippen LogP contribution in [0.15, 0.2) is 12.4 Å². The molecule has 0 fully saturated rings. The number of nitriles is 1. The highest BCUT2D eigenvalue weighted by atomic mass is 15.1. The SMILES string of the molecule is CCCC(C)(C)CNc1cc(NCCC#N)ncn1. The van der Waals surface area contributed by atoms with Gasteiger partial charge in [-0.3, -0.25) is 0 Å². The molecule has 104 valence electrons. The van der Waals surface area contributed by atoms with E-state index in [9.17, 15) is 0 Å². The second-order valence-electron chi connectivity index (χ2n) is 5.39. The van der Waals surface area contributed by atoms with Gasteiger partial charge in [-0.25, -0.2) is 9.97 Å². The number of rotatable bonds is 8. The number of nitrogens with zero attached hydrogens (tertiary/aromatic N) is 3. The van der Waals surface area contributed by atoms with E-state index >= 15 is 0 Å². The van der Waals surface area contributed by atoms with Crippen molar-refractivity contribution < 1.29 is 0 Å². The zero-order chi connectivity index (χ0) is 14.1. The molecule has 0 bridgehead atoms. The van der Waals surface area contributed by atoms with Crippen LogP contribution in [0.4, 0.5) is 11.6 Å². The largest absolute Gasteiger partial charge is 0.369 e. The molecule has 0 unspecified atom stereocenters. The molecule has 0 radical (unpaired) electrons. The van der Waals surface area contributed by atoms with E-state index in [1.807, 2.05) is 6.07 Å². The Labute approximate surface area is 115 Å². The average Bonchev–Trinajstić information content (AvgIpc) is 2.37. The summed E-state index contributed by atoms with van der Waals surface area (Å²) in [6, 6.07) is 3.96. The van der Waals surface area contributed by atoms with Gasteiger partial charge in [0.05, 0.1) is 12.5 Å². The van der Waals surface area contributed by atoms with Crippen LogP contribution in [-0.4, -0.2) is 23.1 Å². The predicted octanol–water partition coefficient (Wildman–Crippen LogP) is 3.04. The fraction of sp³-hybridized carbons (Fsp3) is 0.643. The number of anilines is 2. The van der Waals surface area contributed by atoms with Gasteiger partial charge in [-0.2, -0.15) is 5.26 Å². The molecule has 0 aromatic carbocycles. The van der Waals surface area contributed by atoms with Gasteiger partial charge in [-0.05, 0) is 11.8 Å². The Hall–Kier alpha value is -1.83. The highest BCUT2D eigenvalue weighted by Crippen LogP contribution is 2.22. The summed E-state index contributed by atoms with van der Waals surface area (Å²) in [7, 11) is 0. The Morgan fingerprint density at radius 3 is 2.58 bits per heavy atom. The van der Waals surface area contributed by atoms with Crippen molar-refractivity contribution in [3.8, 4) is 6.07 Å². The summed E-state index contributed by atoms with van der Waals surface area (Å²) in [6.45, 7) is 8.18. The standard InChI is InChI=1S/C14H23N5/c1-4-6-14(2,3)10-17-13-9-12(18-11-19-13)16-8-5-7-15/h9,11H,4-6,8,10H2,1-3H3,(H2,16,17,18,19). The quantitative estimate of drug-likeness (QED) is 0.704. The van der Waals surface area contributed by atoms with Gasteiger partial charge in [-0.15, -0.1) is 0 Å². The van der Waals surface area contributed by atoms with E-state index in [1.54, 1.807) is 0 Å². The van der Waals surface area contributed by atoms with Crippen LogP contribution in [0, 0.1) is 16.7 Å². The fourth-order valence-corrected chi connectivity index (χ4v) is 1.89. The fourth-order valence-electron chi connectivity index (χ4n) is 1.89. The molecule has 0 saturated carbocycles. The summed E-state index contributed by atoms with van der Waals surface area (Å²) >= 11 is 0. The van der Waals surface area contributed by atoms with E-state index in [0.29, 0.717) is 13.0 Å². The van der Waals surface area contributed by atoms with Crippen LogP contribution >= 0.6 is 0 Å². The number of hydrogen-bond donors (Lipinski definition) is 2. The Morgan fingerprint density at radius 2 is 1.95 bits per heavy atom. The van der Waals surface area contributed by atoms with Crippen LogP contribution in [0.3, 0.4) is 0 Å². The molecule has 0 saturated heterocycles. The molecule has 0 aliphatic heterocycles. The molecule has 1 aromatic heterocycles. The molecule has 2 N–H and O–H groups in total. The van der Waals surface area contributed by atoms with Crippen molar-refractivity contribution in [1.82, 2.24) is 9.97 Å². The van der Waals surface area contributed by atoms with E-state index in [4.69, 9.17) is 5.26 Å². The summed E-state index contributed by atoms with van der Waals surface area (Å²) in [4.78, 5) is 8.32. The Balaban J connectivity index is 2.50. The molecule has 0 spiro atoms. The third kappa shape index (κ3) is 6.05. The van der Waals surface area contributed by atoms with Crippen LogP contribution in [-0.2, 0) is 0 Å². The second-order valence-corrected chi connectivity index (χ2v) is 5.39. The zero-order valence-electron chi connectivity index (χ0n) is 12.0. The van der Waals surface area contributed by atoms with E-state index in [-0.39, 0.29) is 5.41 Å². The van der Waals surface area contributed by atoms with Gasteiger partial charge in [0.25, 0.3) is 0 Å². The minimum atomic E-state index is 0.258. The van der Waals surface area contributed by atoms with Crippen LogP contribution in [0.5, 0.6) is 0 Å². The van der Waals surface area contributed by atoms with E-state index in [1.165, 1.54) is 19.2 Å². The van der Waals surface area contributed by atoms with Gasteiger partial charge in [0.2, 0.25) is 0 Å². The van der Waals surface area contributed by atoms with Crippen molar-refractivity contribution in [2.45, 2.75) is 40.0 Å². The molecule has 1 rings (SSSR count). The van der Waals surface area contributed by atoms with Crippen molar-refractivity contribution in [3.63, 3.8) is 0 Å². The third-order valence-electron chi connectivity index (χ3n) is 2.88. The third-order valence-corrected chi connectivity index (χ3v) is 2.88. The maximum atomic E-state index is 8.49. The number of hydrogen-bond acceptors (Lipinski definition) is 5. The first-order chi connectivity index (χ1) is 9.07. The molecule has 0 amide bonds. The molecule has 0 aliphatic rings. The lowest BCUT2D eigenvalue weighted by atomic mass is 9.88. The molecule has 19 heavy (non-hydrogen) atoms. The first-order valence-electron chi connectivity index (χ1n) is 6.74. The van der Waals surface area contributed by atoms with Crippen molar-refractivity contribution in [1.29, 1.82) is 5.26 Å². The van der Waals surface area contributed by atoms with E-state index < -0.39 is 0 Å². The minimum Gasteiger partial charge on any atom is -0.369 e. The van der Waals surface area contributed by atoms with E-state index in [0.717, 1.165) is 18.2 Å². The lowest BCUT2D eigenvalue weighted by molar-refractivity contribution is 0.354. The molecule has 0 aliphatic carbocycles. The van der Waals surface area contributed by atoms with Gasteiger partial charge in [0.15, 0.2) is 0 Å². The van der Waals surface area contributed by atoms with Crippen molar-refractivity contribution in [2.24, 2.45) is 5.41 Å². The minimum absolute atomic E-state index is 0.258. The van der Waals surface area contributed by atoms with E-state index in [2.05, 4.69) is 47.4 Å². The summed E-state index contributed by atoms with van der Waals surface area (Å²) in [5, 5.41) is 14.9. The van der Waals surface area contributed by atoms with Crippen molar-refractivity contribution in [2.75, 3.05) is 23.7 Å². The molecule has 1 aromatic rings. The Kier molecular flexibility index (Phi) is 6.07. The lowest BCUT2D eigenvalue weighted by Crippen LogP contribution is -2.23. The van der Waals surface area contributed by atoms with Crippen LogP contribution in [0.1, 0.15) is 40.0 Å². The molecule has 5 nitrogen and oxygen atoms in total. The monoisotopic (exact) mass is 261 g/mol. The smallest absolute Gasteiger partial charge is 0.131 e. The van der Waals surface area contributed by atoms with Gasteiger partial charge in [0.1, 0.15) is 18.0 Å². The van der Waals surface area contributed by atoms with Gasteiger partial charge in [0, 0.05) is 19.2 Å². The maximum absolute atomic E-state index is 8.49. The average molecular weight is 261 g/mol. The maximum Gasteiger partial charge on any atom is 0.131 e. The topological polar surface area (TPSA) is 73.6 Å². The summed E-state index contributed by atoms with van der Waals surface area (Å²) < 4.78 is 0. The first kappa shape index (κ1) is 15.2. The summed E-state index contributed by atoms with van der Waals surface area (Å²) in [6.07, 6.45) is 4.36. The van der Waals surface area contributed by atoms with Crippen LogP contribution in [0.2, 0.25) is 0 Å². The lowest BCUT2D eigenvalue weighted by Gasteiger charge is -2.24. The normalized spacial score (nSPS) is 10.8. The summed E-state index contributed by atoms with van der Waals surface area (Å²) in [5.74, 6) is 1.57. The van der Waals surface area contributed by atoms with Gasteiger partial charge in [-0.1, -0.05) is 27.2 Å². The molecular formula is C14H23N5. The number of aromatic nitrogens is 2. The Morgan fingerprint density at radius 1 is 1.26 bits per heavy atom. The molecule has 5 heteroatoms. The van der Waals surface area contributed by atoms with Crippen LogP contribution < -0.4 is 10.6 Å². The van der Waals surface area contributed by atoms with Crippen molar-refractivity contribution >= 4 is 11.6 Å². The molecular weight excluding hydrogens is 238 g/mol. The van der Waals surface area contributed by atoms with Gasteiger partial charge < -0.3 is 10.6 Å². The molecule has 1 heterocycles. The second kappa shape index (κ2) is 7.57. The predicted molar refractivity (Wildman–Crippen MR) is 77.9 cm³/mol. The highest BCUT2D eigenvalue weighted by Gasteiger charge is 2.16. The van der Waals surface area contributed by atoms with Gasteiger partial charge >= 0.3 is 0 Å². The summed E-state index contributed by atoms with van der Waals surface area (Å²) in [5.41, 5.74) is 0.258. The first-order valence-corrected chi connectivity index (χ1v) is 6.74. The highest BCUT2D eigenvalue weighted by molar-refractivity contribution is 5.46. The molecule has 0 atom stereocenters.